The first-order valence-corrected chi connectivity index (χ1v) is 9.54. The van der Waals surface area contributed by atoms with Gasteiger partial charge in [-0.15, -0.1) is 0 Å². The van der Waals surface area contributed by atoms with E-state index in [-0.39, 0.29) is 11.5 Å². The second-order valence-corrected chi connectivity index (χ2v) is 7.38. The molecule has 0 unspecified atom stereocenters. The average molecular weight is 433 g/mol. The Balaban J connectivity index is 1.90. The molecule has 7 nitrogen and oxygen atoms in total. The number of benzene rings is 2. The number of carbonyl (C=O) groups excluding carboxylic acids is 1. The molecule has 3 rings (SSSR count). The highest BCUT2D eigenvalue weighted by molar-refractivity contribution is 8.18. The van der Waals surface area contributed by atoms with Gasteiger partial charge in [0.05, 0.1) is 35.4 Å². The topological polar surface area (TPSA) is 88.4 Å². The summed E-state index contributed by atoms with van der Waals surface area (Å²) in [7, 11) is 4.63. The summed E-state index contributed by atoms with van der Waals surface area (Å²) in [5.74, 6) is -0.332. The van der Waals surface area contributed by atoms with Crippen molar-refractivity contribution in [2.24, 2.45) is 4.99 Å². The number of thioether (sulfide) groups is 1. The molecule has 1 amide bonds. The van der Waals surface area contributed by atoms with Crippen LogP contribution in [-0.2, 0) is 4.79 Å². The van der Waals surface area contributed by atoms with E-state index in [1.165, 1.54) is 43.0 Å². The summed E-state index contributed by atoms with van der Waals surface area (Å²) in [5.41, 5.74) is 1.40. The number of likely N-dealkylation sites (N-methyl/N-ethyl adjacent to an activating group) is 1. The minimum absolute atomic E-state index is 0.170. The standard InChI is InChI=1S/C20H17ClN2O5S/c1-23-18(24)16(10-11-8-14(21)17(28-3)15(9-11)27-2)29-20(23)22-13-6-4-12(5-7-13)19(25)26/h4-10H,1-3H3,(H,25,26)/b16-10-,22-20?. The van der Waals surface area contributed by atoms with E-state index < -0.39 is 5.97 Å². The van der Waals surface area contributed by atoms with Crippen LogP contribution in [0.25, 0.3) is 6.08 Å². The first-order chi connectivity index (χ1) is 13.8. The Kier molecular flexibility index (Phi) is 6.14. The Labute approximate surface area is 176 Å². The number of hydrogen-bond donors (Lipinski definition) is 1. The minimum Gasteiger partial charge on any atom is -0.493 e. The van der Waals surface area contributed by atoms with Gasteiger partial charge in [0.15, 0.2) is 16.7 Å². The van der Waals surface area contributed by atoms with Crippen molar-refractivity contribution in [3.63, 3.8) is 0 Å². The predicted molar refractivity (Wildman–Crippen MR) is 113 cm³/mol. The van der Waals surface area contributed by atoms with Crippen LogP contribution in [0.15, 0.2) is 46.3 Å². The molecule has 0 saturated carbocycles. The molecule has 0 aliphatic carbocycles. The second kappa shape index (κ2) is 8.59. The largest absolute Gasteiger partial charge is 0.493 e. The van der Waals surface area contributed by atoms with Crippen LogP contribution in [0, 0.1) is 0 Å². The summed E-state index contributed by atoms with van der Waals surface area (Å²) in [4.78, 5) is 29.9. The summed E-state index contributed by atoms with van der Waals surface area (Å²) >= 11 is 7.45. The van der Waals surface area contributed by atoms with E-state index in [1.54, 1.807) is 37.4 Å². The van der Waals surface area contributed by atoms with E-state index in [2.05, 4.69) is 4.99 Å². The molecule has 1 N–H and O–H groups in total. The fraction of sp³-hybridized carbons (Fsp3) is 0.150. The number of carbonyl (C=O) groups is 2. The van der Waals surface area contributed by atoms with E-state index >= 15 is 0 Å². The first kappa shape index (κ1) is 20.8. The van der Waals surface area contributed by atoms with Crippen LogP contribution < -0.4 is 9.47 Å². The van der Waals surface area contributed by atoms with E-state index in [1.807, 2.05) is 0 Å². The number of aliphatic imine (C=N–C) groups is 1. The van der Waals surface area contributed by atoms with Crippen molar-refractivity contribution in [2.75, 3.05) is 21.3 Å². The first-order valence-electron chi connectivity index (χ1n) is 8.35. The quantitative estimate of drug-likeness (QED) is 0.709. The van der Waals surface area contributed by atoms with Crippen molar-refractivity contribution >= 4 is 52.2 Å². The summed E-state index contributed by atoms with van der Waals surface area (Å²) in [5, 5.41) is 9.83. The number of amidine groups is 1. The maximum absolute atomic E-state index is 12.6. The molecule has 1 heterocycles. The molecule has 0 spiro atoms. The minimum atomic E-state index is -1.01. The van der Waals surface area contributed by atoms with Gasteiger partial charge < -0.3 is 14.6 Å². The molecule has 2 aromatic rings. The van der Waals surface area contributed by atoms with Crippen LogP contribution in [0.1, 0.15) is 15.9 Å². The molecule has 1 aliphatic rings. The molecule has 0 atom stereocenters. The molecule has 0 radical (unpaired) electrons. The Hall–Kier alpha value is -2.97. The molecule has 0 bridgehead atoms. The number of amides is 1. The SMILES string of the molecule is COc1cc(/C=C2\SC(=Nc3ccc(C(=O)O)cc3)N(C)C2=O)cc(Cl)c1OC. The third kappa shape index (κ3) is 4.38. The zero-order valence-electron chi connectivity index (χ0n) is 15.8. The number of carboxylic acid groups (broad SMARTS) is 1. The maximum Gasteiger partial charge on any atom is 0.335 e. The molecule has 150 valence electrons. The highest BCUT2D eigenvalue weighted by Gasteiger charge is 2.30. The maximum atomic E-state index is 12.6. The van der Waals surface area contributed by atoms with Crippen LogP contribution in [0.2, 0.25) is 5.02 Å². The van der Waals surface area contributed by atoms with Gasteiger partial charge in [0, 0.05) is 7.05 Å². The van der Waals surface area contributed by atoms with Crippen LogP contribution in [0.4, 0.5) is 5.69 Å². The van der Waals surface area contributed by atoms with Gasteiger partial charge >= 0.3 is 5.97 Å². The molecule has 29 heavy (non-hydrogen) atoms. The molecule has 1 fully saturated rings. The third-order valence-corrected chi connectivity index (χ3v) is 5.44. The van der Waals surface area contributed by atoms with Crippen molar-refractivity contribution in [2.45, 2.75) is 0 Å². The zero-order valence-corrected chi connectivity index (χ0v) is 17.4. The Morgan fingerprint density at radius 1 is 1.21 bits per heavy atom. The Bertz CT molecular complexity index is 1030. The van der Waals surface area contributed by atoms with Gasteiger partial charge in [-0.05, 0) is 59.8 Å². The lowest BCUT2D eigenvalue weighted by Gasteiger charge is -2.10. The predicted octanol–water partition coefficient (Wildman–Crippen LogP) is 4.29. The van der Waals surface area contributed by atoms with Crippen molar-refractivity contribution in [3.05, 3.63) is 57.5 Å². The van der Waals surface area contributed by atoms with Crippen molar-refractivity contribution < 1.29 is 24.2 Å². The van der Waals surface area contributed by atoms with Crippen molar-refractivity contribution in [1.29, 1.82) is 0 Å². The summed E-state index contributed by atoms with van der Waals surface area (Å²) in [6, 6.07) is 9.52. The molecule has 9 heteroatoms. The smallest absolute Gasteiger partial charge is 0.335 e. The molecular weight excluding hydrogens is 416 g/mol. The second-order valence-electron chi connectivity index (χ2n) is 5.96. The summed E-state index contributed by atoms with van der Waals surface area (Å²) in [6.07, 6.45) is 1.70. The highest BCUT2D eigenvalue weighted by Crippen LogP contribution is 2.38. The fourth-order valence-corrected chi connectivity index (χ4v) is 3.90. The van der Waals surface area contributed by atoms with Gasteiger partial charge in [-0.3, -0.25) is 9.69 Å². The summed E-state index contributed by atoms with van der Waals surface area (Å²) < 4.78 is 10.5. The highest BCUT2D eigenvalue weighted by atomic mass is 35.5. The number of carboxylic acids is 1. The zero-order chi connectivity index (χ0) is 21.1. The molecule has 1 aliphatic heterocycles. The van der Waals surface area contributed by atoms with Gasteiger partial charge in [-0.1, -0.05) is 11.6 Å². The van der Waals surface area contributed by atoms with Gasteiger partial charge in [0.2, 0.25) is 0 Å². The Morgan fingerprint density at radius 2 is 1.90 bits per heavy atom. The lowest BCUT2D eigenvalue weighted by atomic mass is 10.2. The molecule has 0 aromatic heterocycles. The fourth-order valence-electron chi connectivity index (χ4n) is 2.61. The van der Waals surface area contributed by atoms with E-state index in [4.69, 9.17) is 26.2 Å². The molecule has 2 aromatic carbocycles. The van der Waals surface area contributed by atoms with Crippen LogP contribution in [0.5, 0.6) is 11.5 Å². The number of aromatic carboxylic acids is 1. The number of ether oxygens (including phenoxy) is 2. The van der Waals surface area contributed by atoms with Gasteiger partial charge in [0.1, 0.15) is 0 Å². The van der Waals surface area contributed by atoms with Crippen molar-refractivity contribution in [3.8, 4) is 11.5 Å². The van der Waals surface area contributed by atoms with Crippen LogP contribution in [-0.4, -0.2) is 48.3 Å². The Morgan fingerprint density at radius 3 is 2.48 bits per heavy atom. The van der Waals surface area contributed by atoms with Gasteiger partial charge in [-0.25, -0.2) is 9.79 Å². The number of hydrogen-bond acceptors (Lipinski definition) is 6. The normalized spacial score (nSPS) is 16.6. The lowest BCUT2D eigenvalue weighted by Crippen LogP contribution is -2.23. The molecule has 1 saturated heterocycles. The summed E-state index contributed by atoms with van der Waals surface area (Å²) in [6.45, 7) is 0. The van der Waals surface area contributed by atoms with E-state index in [9.17, 15) is 9.59 Å². The van der Waals surface area contributed by atoms with Crippen LogP contribution >= 0.6 is 23.4 Å². The van der Waals surface area contributed by atoms with E-state index in [0.717, 1.165) is 0 Å². The molecular formula is C20H17ClN2O5S. The number of nitrogens with zero attached hydrogens (tertiary/aromatic N) is 2. The van der Waals surface area contributed by atoms with Gasteiger partial charge in [-0.2, -0.15) is 0 Å². The number of methoxy groups -OCH3 is 2. The monoisotopic (exact) mass is 432 g/mol. The number of halogens is 1. The average Bonchev–Trinajstić information content (AvgIpc) is 2.95. The number of rotatable bonds is 5. The van der Waals surface area contributed by atoms with Gasteiger partial charge in [0.25, 0.3) is 5.91 Å². The third-order valence-electron chi connectivity index (χ3n) is 4.10. The lowest BCUT2D eigenvalue weighted by molar-refractivity contribution is -0.121. The van der Waals surface area contributed by atoms with E-state index in [0.29, 0.717) is 37.8 Å². The van der Waals surface area contributed by atoms with Crippen molar-refractivity contribution in [1.82, 2.24) is 4.90 Å². The van der Waals surface area contributed by atoms with Crippen LogP contribution in [0.3, 0.4) is 0 Å².